The summed E-state index contributed by atoms with van der Waals surface area (Å²) < 4.78 is 46.2. The van der Waals surface area contributed by atoms with Crippen LogP contribution in [0.5, 0.6) is 11.5 Å². The van der Waals surface area contributed by atoms with Crippen LogP contribution in [0.1, 0.15) is 36.3 Å². The molecule has 1 N–H and O–H groups in total. The summed E-state index contributed by atoms with van der Waals surface area (Å²) >= 11 is 0. The number of nitrogens with zero attached hydrogens (tertiary/aromatic N) is 3. The number of aromatic nitrogens is 2. The third-order valence-corrected chi connectivity index (χ3v) is 7.35. The molecule has 0 unspecified atom stereocenters. The highest BCUT2D eigenvalue weighted by atomic mass is 19.4. The molecule has 2 atom stereocenters. The number of likely N-dealkylation sites (tertiary alicyclic amines) is 1. The number of fused-ring (bicyclic) bond motifs is 1. The number of benzene rings is 2. The number of carbonyl (C=O) groups is 1. The Labute approximate surface area is 193 Å². The van der Waals surface area contributed by atoms with Crippen LogP contribution in [0.25, 0.3) is 10.9 Å². The number of amides is 1. The number of carbonyl (C=O) groups excluding carboxylic acids is 1. The van der Waals surface area contributed by atoms with Crippen LogP contribution in [0.4, 0.5) is 13.2 Å². The molecule has 2 heterocycles. The van der Waals surface area contributed by atoms with Gasteiger partial charge in [0.2, 0.25) is 5.91 Å². The largest absolute Gasteiger partial charge is 0.457 e. The number of hydrogen-bond acceptors (Lipinski definition) is 4. The number of hydrogen-bond donors (Lipinski definition) is 1. The van der Waals surface area contributed by atoms with E-state index in [4.69, 9.17) is 4.74 Å². The van der Waals surface area contributed by atoms with Gasteiger partial charge < -0.3 is 14.7 Å². The van der Waals surface area contributed by atoms with Crippen LogP contribution in [0.2, 0.25) is 0 Å². The first kappa shape index (κ1) is 21.5. The average molecular weight is 471 g/mol. The Balaban J connectivity index is 1.21. The van der Waals surface area contributed by atoms with Gasteiger partial charge in [-0.1, -0.05) is 0 Å². The second-order valence-corrected chi connectivity index (χ2v) is 10.1. The van der Waals surface area contributed by atoms with E-state index in [0.29, 0.717) is 11.5 Å². The summed E-state index contributed by atoms with van der Waals surface area (Å²) in [6, 6.07) is 8.26. The van der Waals surface area contributed by atoms with Crippen molar-refractivity contribution in [1.29, 1.82) is 0 Å². The van der Waals surface area contributed by atoms with Gasteiger partial charge in [-0.3, -0.25) is 9.48 Å². The van der Waals surface area contributed by atoms with Gasteiger partial charge in [-0.2, -0.15) is 18.3 Å². The summed E-state index contributed by atoms with van der Waals surface area (Å²) in [7, 11) is 1.82. The van der Waals surface area contributed by atoms with Gasteiger partial charge in [-0.25, -0.2) is 0 Å². The van der Waals surface area contributed by atoms with Crippen LogP contribution >= 0.6 is 0 Å². The molecule has 34 heavy (non-hydrogen) atoms. The van der Waals surface area contributed by atoms with Crippen molar-refractivity contribution in [3.63, 3.8) is 0 Å². The second kappa shape index (κ2) is 7.21. The van der Waals surface area contributed by atoms with E-state index in [-0.39, 0.29) is 29.3 Å². The van der Waals surface area contributed by atoms with Gasteiger partial charge in [-0.15, -0.1) is 0 Å². The predicted octanol–water partition coefficient (Wildman–Crippen LogP) is 4.47. The molecule has 2 saturated carbocycles. The van der Waals surface area contributed by atoms with Crippen LogP contribution in [-0.2, 0) is 18.0 Å². The van der Waals surface area contributed by atoms with E-state index >= 15 is 0 Å². The molecule has 0 bridgehead atoms. The lowest BCUT2D eigenvalue weighted by molar-refractivity contribution is -0.164. The van der Waals surface area contributed by atoms with Crippen LogP contribution in [0.3, 0.4) is 0 Å². The maximum absolute atomic E-state index is 13.0. The fraction of sp³-hybridized carbons (Fsp3) is 0.440. The van der Waals surface area contributed by atoms with Crippen molar-refractivity contribution in [3.05, 3.63) is 53.7 Å². The second-order valence-electron chi connectivity index (χ2n) is 10.1. The minimum atomic E-state index is -4.40. The number of aliphatic hydroxyl groups excluding tert-OH is 1. The lowest BCUT2D eigenvalue weighted by Crippen LogP contribution is -2.65. The first-order chi connectivity index (χ1) is 16.1. The smallest absolute Gasteiger partial charge is 0.416 e. The summed E-state index contributed by atoms with van der Waals surface area (Å²) in [5.41, 5.74) is 1.13. The Hall–Kier alpha value is -3.07. The zero-order chi connectivity index (χ0) is 23.8. The van der Waals surface area contributed by atoms with Gasteiger partial charge in [0, 0.05) is 43.1 Å². The highest BCUT2D eigenvalue weighted by molar-refractivity contribution is 5.88. The van der Waals surface area contributed by atoms with E-state index < -0.39 is 11.7 Å². The van der Waals surface area contributed by atoms with Crippen molar-refractivity contribution >= 4 is 16.8 Å². The SMILES string of the molecule is Cn1cc2cc(Oc3ccc(C(F)(F)F)cc3)cc([C@@H]3C[C@H]3C(=O)N3CC4(CC(O)C4)C3)c2n1. The first-order valence-corrected chi connectivity index (χ1v) is 11.4. The zero-order valence-electron chi connectivity index (χ0n) is 18.5. The summed E-state index contributed by atoms with van der Waals surface area (Å²) in [5, 5.41) is 15.0. The Kier molecular flexibility index (Phi) is 4.55. The number of rotatable bonds is 4. The van der Waals surface area contributed by atoms with E-state index in [9.17, 15) is 23.1 Å². The molecule has 3 aromatic rings. The fourth-order valence-corrected chi connectivity index (χ4v) is 5.61. The fourth-order valence-electron chi connectivity index (χ4n) is 5.61. The third-order valence-electron chi connectivity index (χ3n) is 7.35. The Morgan fingerprint density at radius 3 is 2.50 bits per heavy atom. The lowest BCUT2D eigenvalue weighted by Gasteiger charge is -2.57. The van der Waals surface area contributed by atoms with Gasteiger partial charge >= 0.3 is 6.18 Å². The zero-order valence-corrected chi connectivity index (χ0v) is 18.5. The first-order valence-electron chi connectivity index (χ1n) is 11.4. The van der Waals surface area contributed by atoms with Crippen LogP contribution in [0.15, 0.2) is 42.6 Å². The predicted molar refractivity (Wildman–Crippen MR) is 117 cm³/mol. The van der Waals surface area contributed by atoms with Gasteiger partial charge in [0.1, 0.15) is 11.5 Å². The number of halogens is 3. The van der Waals surface area contributed by atoms with Gasteiger partial charge in [0.25, 0.3) is 0 Å². The van der Waals surface area contributed by atoms with Gasteiger partial charge in [0.05, 0.1) is 17.2 Å². The Morgan fingerprint density at radius 2 is 1.85 bits per heavy atom. The van der Waals surface area contributed by atoms with E-state index in [1.54, 1.807) is 4.68 Å². The maximum Gasteiger partial charge on any atom is 0.416 e. The van der Waals surface area contributed by atoms with Crippen molar-refractivity contribution in [2.45, 2.75) is 37.5 Å². The van der Waals surface area contributed by atoms with Crippen molar-refractivity contribution in [2.75, 3.05) is 13.1 Å². The van der Waals surface area contributed by atoms with Gasteiger partial charge in [-0.05, 0) is 67.1 Å². The molecule has 6 nitrogen and oxygen atoms in total. The summed E-state index contributed by atoms with van der Waals surface area (Å²) in [4.78, 5) is 14.9. The van der Waals surface area contributed by atoms with E-state index in [2.05, 4.69) is 5.10 Å². The minimum Gasteiger partial charge on any atom is -0.457 e. The van der Waals surface area contributed by atoms with Crippen molar-refractivity contribution in [2.24, 2.45) is 18.4 Å². The molecule has 3 fully saturated rings. The Bertz CT molecular complexity index is 1270. The minimum absolute atomic E-state index is 0.0320. The molecule has 6 rings (SSSR count). The van der Waals surface area contributed by atoms with E-state index in [1.165, 1.54) is 12.1 Å². The molecular weight excluding hydrogens is 447 g/mol. The molecule has 0 radical (unpaired) electrons. The molecule has 9 heteroatoms. The van der Waals surface area contributed by atoms with E-state index in [0.717, 1.165) is 61.0 Å². The van der Waals surface area contributed by atoms with Crippen LogP contribution in [0, 0.1) is 11.3 Å². The summed E-state index contributed by atoms with van der Waals surface area (Å²) in [6.07, 6.45) is -0.469. The number of aryl methyl sites for hydroxylation is 1. The summed E-state index contributed by atoms with van der Waals surface area (Å²) in [6.45, 7) is 1.45. The number of aliphatic hydroxyl groups is 1. The van der Waals surface area contributed by atoms with Gasteiger partial charge in [0.15, 0.2) is 0 Å². The molecule has 1 spiro atoms. The highest BCUT2D eigenvalue weighted by Gasteiger charge is 2.56. The average Bonchev–Trinajstić information content (AvgIpc) is 3.42. The molecule has 2 aliphatic carbocycles. The maximum atomic E-state index is 13.0. The molecule has 1 aromatic heterocycles. The lowest BCUT2D eigenvalue weighted by atomic mass is 9.62. The topological polar surface area (TPSA) is 67.6 Å². The third kappa shape index (κ3) is 3.62. The molecule has 3 aliphatic rings. The van der Waals surface area contributed by atoms with Crippen LogP contribution < -0.4 is 4.74 Å². The number of ether oxygens (including phenoxy) is 1. The molecule has 1 saturated heterocycles. The molecule has 2 aromatic carbocycles. The summed E-state index contributed by atoms with van der Waals surface area (Å²) in [5.74, 6) is 0.882. The van der Waals surface area contributed by atoms with Crippen molar-refractivity contribution < 1.29 is 27.8 Å². The van der Waals surface area contributed by atoms with Crippen LogP contribution in [-0.4, -0.2) is 44.9 Å². The molecule has 178 valence electrons. The standard InChI is InChI=1S/C25H24F3N3O3/c1-30-11-14-6-18(34-17-4-2-15(3-5-17)25(26,27)28)7-20(22(14)29-30)19-8-21(19)23(33)31-12-24(13-31)9-16(32)10-24/h2-7,11,16,19,21,32H,8-10,12-13H2,1H3/t19-,21+/m0/s1. The monoisotopic (exact) mass is 471 g/mol. The quantitative estimate of drug-likeness (QED) is 0.610. The Morgan fingerprint density at radius 1 is 1.15 bits per heavy atom. The van der Waals surface area contributed by atoms with E-state index in [1.807, 2.05) is 30.3 Å². The normalized spacial score (nSPS) is 23.6. The van der Waals surface area contributed by atoms with Crippen molar-refractivity contribution in [3.8, 4) is 11.5 Å². The van der Waals surface area contributed by atoms with Crippen molar-refractivity contribution in [1.82, 2.24) is 14.7 Å². The molecular formula is C25H24F3N3O3. The molecule has 1 aliphatic heterocycles. The highest BCUT2D eigenvalue weighted by Crippen LogP contribution is 2.54. The molecule has 1 amide bonds. The number of alkyl halides is 3.